The molecular weight excluding hydrogens is 361 g/mol. The van der Waals surface area contributed by atoms with Crippen LogP contribution < -0.4 is 10.5 Å². The van der Waals surface area contributed by atoms with Crippen molar-refractivity contribution in [3.05, 3.63) is 45.6 Å². The summed E-state index contributed by atoms with van der Waals surface area (Å²) in [5, 5.41) is 0.507. The first-order valence-electron chi connectivity index (χ1n) is 5.98. The number of halogens is 3. The fraction of sp³-hybridized carbons (Fsp3) is 0.0714. The number of hydrogen-bond donors (Lipinski definition) is 1. The first-order chi connectivity index (χ1) is 10.0. The molecule has 0 saturated heterocycles. The molecule has 1 heterocycles. The molecular formula is C14H10BrClFN3O. The lowest BCUT2D eigenvalue weighted by Crippen LogP contribution is -2.01. The third-order valence-corrected chi connectivity index (χ3v) is 3.92. The van der Waals surface area contributed by atoms with Crippen molar-refractivity contribution >= 4 is 44.5 Å². The van der Waals surface area contributed by atoms with Crippen molar-refractivity contribution in [2.75, 3.05) is 12.8 Å². The van der Waals surface area contributed by atoms with E-state index in [2.05, 4.69) is 20.9 Å². The van der Waals surface area contributed by atoms with E-state index < -0.39 is 5.82 Å². The second-order valence-corrected chi connectivity index (χ2v) is 5.70. The number of imidazole rings is 1. The molecule has 0 spiro atoms. The number of hydrogen-bond acceptors (Lipinski definition) is 3. The molecule has 7 heteroatoms. The highest BCUT2D eigenvalue weighted by Gasteiger charge is 2.16. The Bertz CT molecular complexity index is 850. The second kappa shape index (κ2) is 5.20. The summed E-state index contributed by atoms with van der Waals surface area (Å²) in [5.41, 5.74) is 7.66. The Labute approximate surface area is 133 Å². The summed E-state index contributed by atoms with van der Waals surface area (Å²) < 4.78 is 21.3. The average Bonchev–Trinajstić information content (AvgIpc) is 2.75. The Morgan fingerprint density at radius 1 is 1.33 bits per heavy atom. The molecule has 1 aromatic heterocycles. The molecule has 3 rings (SSSR count). The van der Waals surface area contributed by atoms with Gasteiger partial charge in [-0.25, -0.2) is 9.37 Å². The molecule has 0 atom stereocenters. The summed E-state index contributed by atoms with van der Waals surface area (Å²) >= 11 is 9.63. The number of rotatable bonds is 2. The predicted octanol–water partition coefficient (Wildman–Crippen LogP) is 4.17. The van der Waals surface area contributed by atoms with E-state index in [1.165, 1.54) is 13.2 Å². The van der Waals surface area contributed by atoms with Gasteiger partial charge in [-0.15, -0.1) is 0 Å². The van der Waals surface area contributed by atoms with Crippen molar-refractivity contribution in [3.63, 3.8) is 0 Å². The number of aromatic nitrogens is 2. The number of fused-ring (bicyclic) bond motifs is 1. The van der Waals surface area contributed by atoms with E-state index in [0.29, 0.717) is 21.7 Å². The Balaban J connectivity index is 2.36. The van der Waals surface area contributed by atoms with Crippen LogP contribution in [0.15, 0.2) is 34.8 Å². The fourth-order valence-corrected chi connectivity index (χ4v) is 2.72. The van der Waals surface area contributed by atoms with Crippen molar-refractivity contribution in [2.24, 2.45) is 0 Å². The molecule has 3 aromatic rings. The van der Waals surface area contributed by atoms with Crippen LogP contribution >= 0.6 is 27.5 Å². The van der Waals surface area contributed by atoms with Crippen LogP contribution in [0.5, 0.6) is 5.75 Å². The van der Waals surface area contributed by atoms with Crippen molar-refractivity contribution in [2.45, 2.75) is 0 Å². The van der Waals surface area contributed by atoms with Crippen molar-refractivity contribution < 1.29 is 9.13 Å². The summed E-state index contributed by atoms with van der Waals surface area (Å²) in [4.78, 5) is 4.17. The fourth-order valence-electron chi connectivity index (χ4n) is 2.16. The first kappa shape index (κ1) is 14.2. The van der Waals surface area contributed by atoms with Crippen LogP contribution in [0.1, 0.15) is 0 Å². The second-order valence-electron chi connectivity index (χ2n) is 4.38. The molecule has 21 heavy (non-hydrogen) atoms. The van der Waals surface area contributed by atoms with Gasteiger partial charge in [-0.05, 0) is 18.2 Å². The molecule has 2 aromatic carbocycles. The Morgan fingerprint density at radius 3 is 2.81 bits per heavy atom. The number of methoxy groups -OCH3 is 1. The highest BCUT2D eigenvalue weighted by Crippen LogP contribution is 2.32. The van der Waals surface area contributed by atoms with Crippen LogP contribution in [0.2, 0.25) is 5.02 Å². The van der Waals surface area contributed by atoms with Gasteiger partial charge in [-0.3, -0.25) is 4.57 Å². The van der Waals surface area contributed by atoms with Gasteiger partial charge in [-0.2, -0.15) is 0 Å². The van der Waals surface area contributed by atoms with Gasteiger partial charge < -0.3 is 10.5 Å². The van der Waals surface area contributed by atoms with Crippen LogP contribution in [0.3, 0.4) is 0 Å². The number of nitrogen functional groups attached to an aromatic ring is 1. The quantitative estimate of drug-likeness (QED) is 0.736. The van der Waals surface area contributed by atoms with E-state index in [1.807, 2.05) is 12.1 Å². The van der Waals surface area contributed by atoms with Crippen molar-refractivity contribution in [1.82, 2.24) is 9.55 Å². The topological polar surface area (TPSA) is 53.1 Å². The predicted molar refractivity (Wildman–Crippen MR) is 84.7 cm³/mol. The molecule has 0 amide bonds. The molecule has 0 saturated carbocycles. The van der Waals surface area contributed by atoms with Crippen molar-refractivity contribution in [3.8, 4) is 11.4 Å². The number of anilines is 1. The molecule has 0 aliphatic rings. The minimum atomic E-state index is -0.491. The number of nitrogens with two attached hydrogens (primary N) is 1. The van der Waals surface area contributed by atoms with Crippen molar-refractivity contribution in [1.29, 1.82) is 0 Å². The van der Waals surface area contributed by atoms with Crippen LogP contribution in [-0.4, -0.2) is 16.7 Å². The smallest absolute Gasteiger partial charge is 0.205 e. The minimum absolute atomic E-state index is 0.120. The largest absolute Gasteiger partial charge is 0.494 e. The average molecular weight is 371 g/mol. The van der Waals surface area contributed by atoms with Crippen LogP contribution in [0.25, 0.3) is 16.7 Å². The van der Waals surface area contributed by atoms with E-state index >= 15 is 0 Å². The van der Waals surface area contributed by atoms with Gasteiger partial charge in [0.15, 0.2) is 11.6 Å². The zero-order valence-electron chi connectivity index (χ0n) is 10.9. The van der Waals surface area contributed by atoms with E-state index in [4.69, 9.17) is 22.1 Å². The molecule has 2 N–H and O–H groups in total. The maximum atomic E-state index is 13.8. The van der Waals surface area contributed by atoms with E-state index in [-0.39, 0.29) is 11.7 Å². The van der Waals surface area contributed by atoms with Gasteiger partial charge in [0.2, 0.25) is 5.95 Å². The molecule has 4 nitrogen and oxygen atoms in total. The van der Waals surface area contributed by atoms with E-state index in [0.717, 1.165) is 4.47 Å². The van der Waals surface area contributed by atoms with Gasteiger partial charge in [0.05, 0.1) is 28.9 Å². The van der Waals surface area contributed by atoms with Gasteiger partial charge in [-0.1, -0.05) is 27.5 Å². The summed E-state index contributed by atoms with van der Waals surface area (Å²) in [6, 6.07) is 8.21. The lowest BCUT2D eigenvalue weighted by Gasteiger charge is -2.10. The Morgan fingerprint density at radius 2 is 2.10 bits per heavy atom. The Kier molecular flexibility index (Phi) is 3.51. The zero-order chi connectivity index (χ0) is 15.1. The molecule has 0 radical (unpaired) electrons. The van der Waals surface area contributed by atoms with Crippen LogP contribution in [0.4, 0.5) is 10.3 Å². The molecule has 0 fully saturated rings. The van der Waals surface area contributed by atoms with E-state index in [9.17, 15) is 4.39 Å². The Hall–Kier alpha value is -1.79. The summed E-state index contributed by atoms with van der Waals surface area (Å²) in [6.07, 6.45) is 0. The lowest BCUT2D eigenvalue weighted by atomic mass is 10.2. The SMILES string of the molecule is COc1cc2c(cc1F)nc(N)n2-c1cc(Br)ccc1Cl. The number of ether oxygens (including phenoxy) is 1. The zero-order valence-corrected chi connectivity index (χ0v) is 13.2. The molecule has 0 unspecified atom stereocenters. The number of benzene rings is 2. The molecule has 0 aliphatic carbocycles. The summed E-state index contributed by atoms with van der Waals surface area (Å²) in [5.74, 6) is -0.151. The standard InChI is InChI=1S/C14H10BrClFN3O/c1-21-13-6-12-10(5-9(13)17)19-14(18)20(12)11-4-7(15)2-3-8(11)16/h2-6H,1H3,(H2,18,19). The third kappa shape index (κ3) is 2.34. The molecule has 0 aliphatic heterocycles. The summed E-state index contributed by atoms with van der Waals surface area (Å²) in [7, 11) is 1.40. The first-order valence-corrected chi connectivity index (χ1v) is 7.15. The molecule has 108 valence electrons. The van der Waals surface area contributed by atoms with Gasteiger partial charge in [0, 0.05) is 16.6 Å². The highest BCUT2D eigenvalue weighted by molar-refractivity contribution is 9.10. The van der Waals surface area contributed by atoms with E-state index in [1.54, 1.807) is 16.7 Å². The van der Waals surface area contributed by atoms with Crippen LogP contribution in [0, 0.1) is 5.82 Å². The lowest BCUT2D eigenvalue weighted by molar-refractivity contribution is 0.387. The highest BCUT2D eigenvalue weighted by atomic mass is 79.9. The summed E-state index contributed by atoms with van der Waals surface area (Å²) in [6.45, 7) is 0. The van der Waals surface area contributed by atoms with Gasteiger partial charge >= 0.3 is 0 Å². The number of nitrogens with zero attached hydrogens (tertiary/aromatic N) is 2. The maximum Gasteiger partial charge on any atom is 0.205 e. The third-order valence-electron chi connectivity index (χ3n) is 3.10. The minimum Gasteiger partial charge on any atom is -0.494 e. The van der Waals surface area contributed by atoms with Gasteiger partial charge in [0.1, 0.15) is 0 Å². The normalized spacial score (nSPS) is 11.0. The monoisotopic (exact) mass is 369 g/mol. The van der Waals surface area contributed by atoms with Gasteiger partial charge in [0.25, 0.3) is 0 Å². The van der Waals surface area contributed by atoms with Crippen LogP contribution in [-0.2, 0) is 0 Å². The maximum absolute atomic E-state index is 13.8. The molecule has 0 bridgehead atoms.